The third kappa shape index (κ3) is 3.85. The number of methoxy groups -OCH3 is 1. The van der Waals surface area contributed by atoms with E-state index in [1.165, 1.54) is 0 Å². The molecule has 0 aromatic carbocycles. The second kappa shape index (κ2) is 7.82. The monoisotopic (exact) mass is 358 g/mol. The number of nitrogens with zero attached hydrogens (tertiary/aromatic N) is 5. The minimum atomic E-state index is 0.185. The number of nitrogens with one attached hydrogen (secondary N) is 1. The SMILES string of the molecule is COCCN1CC(CNc2nccc(-c3c(C)nn(C)c3C)n2)CC1=O. The molecule has 8 nitrogen and oxygen atoms in total. The van der Waals surface area contributed by atoms with Crippen LogP contribution in [-0.2, 0) is 16.6 Å². The van der Waals surface area contributed by atoms with Crippen LogP contribution in [0.1, 0.15) is 17.8 Å². The van der Waals surface area contributed by atoms with E-state index in [9.17, 15) is 4.79 Å². The fourth-order valence-corrected chi connectivity index (χ4v) is 3.37. The van der Waals surface area contributed by atoms with Gasteiger partial charge in [-0.05, 0) is 19.9 Å². The summed E-state index contributed by atoms with van der Waals surface area (Å²) in [4.78, 5) is 22.8. The lowest BCUT2D eigenvalue weighted by molar-refractivity contribution is -0.128. The van der Waals surface area contributed by atoms with Crippen molar-refractivity contribution in [1.29, 1.82) is 0 Å². The van der Waals surface area contributed by atoms with Crippen molar-refractivity contribution in [1.82, 2.24) is 24.6 Å². The third-order valence-electron chi connectivity index (χ3n) is 4.83. The van der Waals surface area contributed by atoms with Gasteiger partial charge in [-0.1, -0.05) is 0 Å². The molecule has 8 heteroatoms. The van der Waals surface area contributed by atoms with Crippen molar-refractivity contribution in [2.24, 2.45) is 13.0 Å². The van der Waals surface area contributed by atoms with Crippen LogP contribution in [0.2, 0.25) is 0 Å². The van der Waals surface area contributed by atoms with Gasteiger partial charge in [0, 0.05) is 63.6 Å². The Bertz CT molecular complexity index is 788. The molecule has 1 aliphatic heterocycles. The Morgan fingerprint density at radius 2 is 2.19 bits per heavy atom. The second-order valence-electron chi connectivity index (χ2n) is 6.72. The molecule has 1 atom stereocenters. The summed E-state index contributed by atoms with van der Waals surface area (Å²) in [6.07, 6.45) is 2.30. The van der Waals surface area contributed by atoms with Gasteiger partial charge in [-0.15, -0.1) is 0 Å². The average Bonchev–Trinajstić information content (AvgIpc) is 3.10. The number of hydrogen-bond acceptors (Lipinski definition) is 6. The lowest BCUT2D eigenvalue weighted by Gasteiger charge is -2.16. The highest BCUT2D eigenvalue weighted by atomic mass is 16.5. The highest BCUT2D eigenvalue weighted by molar-refractivity contribution is 5.78. The lowest BCUT2D eigenvalue weighted by Crippen LogP contribution is -2.29. The largest absolute Gasteiger partial charge is 0.383 e. The first-order valence-corrected chi connectivity index (χ1v) is 8.83. The molecule has 0 saturated carbocycles. The molecule has 1 fully saturated rings. The Hall–Kier alpha value is -2.48. The summed E-state index contributed by atoms with van der Waals surface area (Å²) in [7, 11) is 3.58. The van der Waals surface area contributed by atoms with Gasteiger partial charge in [0.2, 0.25) is 11.9 Å². The van der Waals surface area contributed by atoms with Gasteiger partial charge in [0.1, 0.15) is 0 Å². The molecule has 0 spiro atoms. The summed E-state index contributed by atoms with van der Waals surface area (Å²) in [5, 5.41) is 7.73. The summed E-state index contributed by atoms with van der Waals surface area (Å²) in [5.41, 5.74) is 3.92. The normalized spacial score (nSPS) is 17.2. The van der Waals surface area contributed by atoms with Crippen molar-refractivity contribution in [2.75, 3.05) is 38.7 Å². The van der Waals surface area contributed by atoms with Gasteiger partial charge < -0.3 is 15.0 Å². The summed E-state index contributed by atoms with van der Waals surface area (Å²) in [5.74, 6) is 1.02. The molecule has 0 radical (unpaired) electrons. The van der Waals surface area contributed by atoms with Gasteiger partial charge in [-0.25, -0.2) is 9.97 Å². The summed E-state index contributed by atoms with van der Waals surface area (Å²) in [6, 6.07) is 1.90. The van der Waals surface area contributed by atoms with Gasteiger partial charge in [0.05, 0.1) is 18.0 Å². The van der Waals surface area contributed by atoms with Crippen LogP contribution >= 0.6 is 0 Å². The maximum absolute atomic E-state index is 12.0. The first kappa shape index (κ1) is 18.3. The Morgan fingerprint density at radius 1 is 1.38 bits per heavy atom. The van der Waals surface area contributed by atoms with E-state index < -0.39 is 0 Å². The molecule has 1 aliphatic rings. The third-order valence-corrected chi connectivity index (χ3v) is 4.83. The number of aromatic nitrogens is 4. The number of carbonyl (C=O) groups is 1. The standard InChI is InChI=1S/C18H26N6O2/c1-12-17(13(2)23(3)22-12)15-5-6-19-18(21-15)20-10-14-9-16(25)24(11-14)7-8-26-4/h5-6,14H,7-11H2,1-4H3,(H,19,20,21). The Labute approximate surface area is 153 Å². The Balaban J connectivity index is 1.64. The first-order chi connectivity index (χ1) is 12.5. The van der Waals surface area contributed by atoms with E-state index in [1.54, 1.807) is 13.3 Å². The smallest absolute Gasteiger partial charge is 0.223 e. The van der Waals surface area contributed by atoms with Crippen LogP contribution in [-0.4, -0.2) is 63.9 Å². The number of amides is 1. The molecule has 2 aromatic rings. The Kier molecular flexibility index (Phi) is 5.51. The zero-order valence-corrected chi connectivity index (χ0v) is 15.8. The molecule has 26 heavy (non-hydrogen) atoms. The van der Waals surface area contributed by atoms with Crippen molar-refractivity contribution in [3.63, 3.8) is 0 Å². The number of hydrogen-bond donors (Lipinski definition) is 1. The summed E-state index contributed by atoms with van der Waals surface area (Å²) in [6.45, 7) is 6.65. The van der Waals surface area contributed by atoms with E-state index in [-0.39, 0.29) is 11.8 Å². The summed E-state index contributed by atoms with van der Waals surface area (Å²) >= 11 is 0. The van der Waals surface area contributed by atoms with Crippen LogP contribution < -0.4 is 5.32 Å². The quantitative estimate of drug-likeness (QED) is 0.805. The number of aryl methyl sites for hydroxylation is 2. The number of anilines is 1. The van der Waals surface area contributed by atoms with Gasteiger partial charge in [0.25, 0.3) is 0 Å². The van der Waals surface area contributed by atoms with Crippen molar-refractivity contribution in [2.45, 2.75) is 20.3 Å². The summed E-state index contributed by atoms with van der Waals surface area (Å²) < 4.78 is 6.92. The van der Waals surface area contributed by atoms with E-state index in [4.69, 9.17) is 4.74 Å². The van der Waals surface area contributed by atoms with Crippen LogP contribution in [0.3, 0.4) is 0 Å². The van der Waals surface area contributed by atoms with Crippen LogP contribution in [0.4, 0.5) is 5.95 Å². The number of carbonyl (C=O) groups excluding carboxylic acids is 1. The molecule has 3 rings (SSSR count). The zero-order chi connectivity index (χ0) is 18.7. The first-order valence-electron chi connectivity index (χ1n) is 8.83. The van der Waals surface area contributed by atoms with Crippen LogP contribution in [0, 0.1) is 19.8 Å². The predicted molar refractivity (Wildman–Crippen MR) is 98.8 cm³/mol. The van der Waals surface area contributed by atoms with Crippen LogP contribution in [0.25, 0.3) is 11.3 Å². The van der Waals surface area contributed by atoms with Gasteiger partial charge in [-0.2, -0.15) is 5.10 Å². The molecular formula is C18H26N6O2. The van der Waals surface area contributed by atoms with Crippen molar-refractivity contribution in [3.05, 3.63) is 23.7 Å². The molecule has 0 bridgehead atoms. The molecule has 2 aromatic heterocycles. The van der Waals surface area contributed by atoms with Crippen molar-refractivity contribution < 1.29 is 9.53 Å². The van der Waals surface area contributed by atoms with E-state index >= 15 is 0 Å². The van der Waals surface area contributed by atoms with Gasteiger partial charge in [0.15, 0.2) is 0 Å². The molecule has 1 N–H and O–H groups in total. The highest BCUT2D eigenvalue weighted by Gasteiger charge is 2.29. The molecule has 140 valence electrons. The van der Waals surface area contributed by atoms with Gasteiger partial charge in [-0.3, -0.25) is 9.48 Å². The minimum absolute atomic E-state index is 0.185. The lowest BCUT2D eigenvalue weighted by atomic mass is 10.1. The number of rotatable bonds is 7. The van der Waals surface area contributed by atoms with E-state index in [0.717, 1.165) is 29.2 Å². The molecule has 0 aliphatic carbocycles. The molecule has 3 heterocycles. The van der Waals surface area contributed by atoms with E-state index in [1.807, 2.05) is 36.5 Å². The minimum Gasteiger partial charge on any atom is -0.383 e. The van der Waals surface area contributed by atoms with Crippen molar-refractivity contribution in [3.8, 4) is 11.3 Å². The maximum atomic E-state index is 12.0. The number of likely N-dealkylation sites (tertiary alicyclic amines) is 1. The fraction of sp³-hybridized carbons (Fsp3) is 0.556. The second-order valence-corrected chi connectivity index (χ2v) is 6.72. The average molecular weight is 358 g/mol. The molecule has 1 saturated heterocycles. The molecular weight excluding hydrogens is 332 g/mol. The van der Waals surface area contributed by atoms with E-state index in [0.29, 0.717) is 32.1 Å². The van der Waals surface area contributed by atoms with Gasteiger partial charge >= 0.3 is 0 Å². The fourth-order valence-electron chi connectivity index (χ4n) is 3.37. The topological polar surface area (TPSA) is 85.2 Å². The zero-order valence-electron chi connectivity index (χ0n) is 15.8. The van der Waals surface area contributed by atoms with E-state index in [2.05, 4.69) is 20.4 Å². The Morgan fingerprint density at radius 3 is 2.88 bits per heavy atom. The molecule has 1 amide bonds. The number of ether oxygens (including phenoxy) is 1. The maximum Gasteiger partial charge on any atom is 0.223 e. The predicted octanol–water partition coefficient (Wildman–Crippen LogP) is 1.40. The molecule has 1 unspecified atom stereocenters. The van der Waals surface area contributed by atoms with Crippen LogP contribution in [0.5, 0.6) is 0 Å². The van der Waals surface area contributed by atoms with Crippen LogP contribution in [0.15, 0.2) is 12.3 Å². The highest BCUT2D eigenvalue weighted by Crippen LogP contribution is 2.25. The van der Waals surface area contributed by atoms with Crippen molar-refractivity contribution >= 4 is 11.9 Å².